The summed E-state index contributed by atoms with van der Waals surface area (Å²) < 4.78 is 56.5. The van der Waals surface area contributed by atoms with Crippen molar-refractivity contribution in [2.45, 2.75) is 47.6 Å². The van der Waals surface area contributed by atoms with Crippen molar-refractivity contribution in [3.8, 4) is 11.5 Å². The van der Waals surface area contributed by atoms with Gasteiger partial charge in [0.05, 0.1) is 21.9 Å². The van der Waals surface area contributed by atoms with Gasteiger partial charge in [-0.25, -0.2) is 16.8 Å². The SMILES string of the molecule is O=S(=O)(c1ccc(Cl)cc1)N1CCCC1c1cc(C2CCCN2S(=O)(=O)c2ccc(Cl)cc2)c(O)cc1O. The largest absolute Gasteiger partial charge is 0.507 e. The molecule has 0 aromatic heterocycles. The molecule has 3 aromatic carbocycles. The van der Waals surface area contributed by atoms with E-state index in [1.807, 2.05) is 0 Å². The van der Waals surface area contributed by atoms with E-state index in [4.69, 9.17) is 23.2 Å². The van der Waals surface area contributed by atoms with Crippen LogP contribution in [-0.4, -0.2) is 48.7 Å². The molecule has 0 spiro atoms. The molecule has 0 amide bonds. The quantitative estimate of drug-likeness (QED) is 0.390. The molecule has 2 aliphatic heterocycles. The highest BCUT2D eigenvalue weighted by molar-refractivity contribution is 7.89. The maximum absolute atomic E-state index is 13.5. The van der Waals surface area contributed by atoms with E-state index >= 15 is 0 Å². The Bertz CT molecular complexity index is 1450. The molecule has 2 unspecified atom stereocenters. The summed E-state index contributed by atoms with van der Waals surface area (Å²) >= 11 is 11.9. The number of rotatable bonds is 6. The number of halogens is 2. The van der Waals surface area contributed by atoms with Gasteiger partial charge in [0.1, 0.15) is 11.5 Å². The van der Waals surface area contributed by atoms with Crippen molar-refractivity contribution < 1.29 is 27.0 Å². The van der Waals surface area contributed by atoms with Gasteiger partial charge in [-0.15, -0.1) is 0 Å². The monoisotopic (exact) mass is 596 g/mol. The molecule has 0 bridgehead atoms. The van der Waals surface area contributed by atoms with Gasteiger partial charge in [-0.1, -0.05) is 23.2 Å². The Kier molecular flexibility index (Phi) is 7.40. The summed E-state index contributed by atoms with van der Waals surface area (Å²) in [6, 6.07) is 13.1. The molecular formula is C26H26Cl2N2O6S2. The average Bonchev–Trinajstić information content (AvgIpc) is 3.56. The van der Waals surface area contributed by atoms with E-state index in [0.717, 1.165) is 0 Å². The fourth-order valence-corrected chi connectivity index (χ4v) is 8.91. The fourth-order valence-electron chi connectivity index (χ4n) is 5.31. The third kappa shape index (κ3) is 4.89. The van der Waals surface area contributed by atoms with Crippen LogP contribution in [-0.2, 0) is 20.0 Å². The van der Waals surface area contributed by atoms with Crippen LogP contribution < -0.4 is 0 Å². The maximum Gasteiger partial charge on any atom is 0.243 e. The van der Waals surface area contributed by atoms with E-state index in [9.17, 15) is 27.0 Å². The first-order chi connectivity index (χ1) is 18.0. The van der Waals surface area contributed by atoms with Crippen molar-refractivity contribution in [1.82, 2.24) is 8.61 Å². The van der Waals surface area contributed by atoms with Crippen LogP contribution in [0.5, 0.6) is 11.5 Å². The average molecular weight is 598 g/mol. The topological polar surface area (TPSA) is 115 Å². The molecule has 2 fully saturated rings. The lowest BCUT2D eigenvalue weighted by Gasteiger charge is -2.28. The number of phenolic OH excluding ortho intramolecular Hbond substituents is 2. The second kappa shape index (κ2) is 10.3. The van der Waals surface area contributed by atoms with Gasteiger partial charge in [-0.3, -0.25) is 0 Å². The van der Waals surface area contributed by atoms with Gasteiger partial charge < -0.3 is 10.2 Å². The molecule has 2 atom stereocenters. The summed E-state index contributed by atoms with van der Waals surface area (Å²) in [7, 11) is -7.80. The van der Waals surface area contributed by atoms with Gasteiger partial charge >= 0.3 is 0 Å². The van der Waals surface area contributed by atoms with Crippen molar-refractivity contribution in [3.05, 3.63) is 81.8 Å². The minimum Gasteiger partial charge on any atom is -0.507 e. The maximum atomic E-state index is 13.5. The van der Waals surface area contributed by atoms with Gasteiger partial charge in [0.15, 0.2) is 0 Å². The van der Waals surface area contributed by atoms with E-state index in [1.54, 1.807) is 6.07 Å². The molecule has 2 aliphatic rings. The smallest absolute Gasteiger partial charge is 0.243 e. The Morgan fingerprint density at radius 2 is 1.00 bits per heavy atom. The number of sulfonamides is 2. The first kappa shape index (κ1) is 27.2. The van der Waals surface area contributed by atoms with E-state index in [-0.39, 0.29) is 34.4 Å². The van der Waals surface area contributed by atoms with E-state index in [1.165, 1.54) is 63.2 Å². The van der Waals surface area contributed by atoms with Crippen molar-refractivity contribution in [1.29, 1.82) is 0 Å². The second-order valence-corrected chi connectivity index (χ2v) is 14.1. The predicted octanol–water partition coefficient (Wildman–Crippen LogP) is 5.46. The highest BCUT2D eigenvalue weighted by atomic mass is 35.5. The molecule has 3 aromatic rings. The zero-order chi connectivity index (χ0) is 27.2. The van der Waals surface area contributed by atoms with Crippen LogP contribution in [0.25, 0.3) is 0 Å². The summed E-state index contributed by atoms with van der Waals surface area (Å²) in [5.41, 5.74) is 0.646. The van der Waals surface area contributed by atoms with Gasteiger partial charge in [-0.05, 0) is 80.3 Å². The zero-order valence-corrected chi connectivity index (χ0v) is 23.3. The van der Waals surface area contributed by atoms with Gasteiger partial charge in [0, 0.05) is 40.3 Å². The fraction of sp³-hybridized carbons (Fsp3) is 0.308. The lowest BCUT2D eigenvalue weighted by molar-refractivity contribution is 0.365. The Morgan fingerprint density at radius 3 is 1.37 bits per heavy atom. The Hall–Kier alpha value is -2.34. The van der Waals surface area contributed by atoms with E-state index in [2.05, 4.69) is 0 Å². The molecule has 12 heteroatoms. The Balaban J connectivity index is 1.52. The summed E-state index contributed by atoms with van der Waals surface area (Å²) in [4.78, 5) is 0.173. The molecule has 2 heterocycles. The van der Waals surface area contributed by atoms with Gasteiger partial charge in [0.2, 0.25) is 20.0 Å². The number of aromatic hydroxyl groups is 2. The van der Waals surface area contributed by atoms with Crippen LogP contribution in [0.2, 0.25) is 10.0 Å². The zero-order valence-electron chi connectivity index (χ0n) is 20.2. The van der Waals surface area contributed by atoms with Crippen LogP contribution in [0.1, 0.15) is 48.9 Å². The van der Waals surface area contributed by atoms with Crippen molar-refractivity contribution in [2.24, 2.45) is 0 Å². The minimum absolute atomic E-state index is 0.0864. The third-order valence-corrected chi connectivity index (χ3v) is 11.5. The summed E-state index contributed by atoms with van der Waals surface area (Å²) in [6.45, 7) is 0.511. The lowest BCUT2D eigenvalue weighted by atomic mass is 9.96. The van der Waals surface area contributed by atoms with Gasteiger partial charge in [0.25, 0.3) is 0 Å². The Labute approximate surface area is 232 Å². The molecule has 8 nitrogen and oxygen atoms in total. The second-order valence-electron chi connectivity index (χ2n) is 9.43. The molecule has 0 aliphatic carbocycles. The van der Waals surface area contributed by atoms with E-state index in [0.29, 0.717) is 46.9 Å². The lowest BCUT2D eigenvalue weighted by Crippen LogP contribution is -2.32. The first-order valence-corrected chi connectivity index (χ1v) is 15.7. The molecule has 0 radical (unpaired) electrons. The van der Waals surface area contributed by atoms with Gasteiger partial charge in [-0.2, -0.15) is 8.61 Å². The number of hydrogen-bond donors (Lipinski definition) is 2. The third-order valence-electron chi connectivity index (χ3n) is 7.14. The molecule has 5 rings (SSSR count). The molecule has 2 saturated heterocycles. The molecule has 2 N–H and O–H groups in total. The van der Waals surface area contributed by atoms with Crippen LogP contribution in [0, 0.1) is 0 Å². The highest BCUT2D eigenvalue weighted by Gasteiger charge is 2.41. The normalized spacial score (nSPS) is 21.2. The molecule has 38 heavy (non-hydrogen) atoms. The molecular weight excluding hydrogens is 571 g/mol. The number of phenols is 2. The van der Waals surface area contributed by atoms with Crippen LogP contribution in [0.3, 0.4) is 0 Å². The summed E-state index contributed by atoms with van der Waals surface area (Å²) in [5, 5.41) is 22.4. The number of benzene rings is 3. The van der Waals surface area contributed by atoms with Crippen molar-refractivity contribution in [2.75, 3.05) is 13.1 Å². The first-order valence-electron chi connectivity index (χ1n) is 12.1. The van der Waals surface area contributed by atoms with Crippen LogP contribution in [0.4, 0.5) is 0 Å². The van der Waals surface area contributed by atoms with E-state index < -0.39 is 32.1 Å². The van der Waals surface area contributed by atoms with Crippen molar-refractivity contribution in [3.63, 3.8) is 0 Å². The number of hydrogen-bond acceptors (Lipinski definition) is 6. The van der Waals surface area contributed by atoms with Crippen LogP contribution >= 0.6 is 23.2 Å². The summed E-state index contributed by atoms with van der Waals surface area (Å²) in [5.74, 6) is -0.501. The standard InChI is InChI=1S/C26H26Cl2N2O6S2/c27-17-5-9-19(10-6-17)37(33,34)29-13-1-3-23(29)21-15-22(26(32)16-25(21)31)24-4-2-14-30(24)38(35,36)20-11-7-18(28)8-12-20/h5-12,15-16,23-24,31-32H,1-4,13-14H2. The summed E-state index contributed by atoms with van der Waals surface area (Å²) in [6.07, 6.45) is 2.07. The molecule has 0 saturated carbocycles. The Morgan fingerprint density at radius 1 is 0.632 bits per heavy atom. The highest BCUT2D eigenvalue weighted by Crippen LogP contribution is 2.46. The van der Waals surface area contributed by atoms with Crippen molar-refractivity contribution >= 4 is 43.2 Å². The molecule has 202 valence electrons. The van der Waals surface area contributed by atoms with Crippen LogP contribution in [0.15, 0.2) is 70.5 Å². The number of nitrogens with zero attached hydrogens (tertiary/aromatic N) is 2. The predicted molar refractivity (Wildman–Crippen MR) is 144 cm³/mol. The minimum atomic E-state index is -3.90.